The molecule has 0 amide bonds. The number of hydrogen-bond donors (Lipinski definition) is 0. The number of rotatable bonds is 8. The molecule has 0 aliphatic carbocycles. The molecule has 0 bridgehead atoms. The highest BCUT2D eigenvalue weighted by Gasteiger charge is 2.34. The number of ether oxygens (including phenoxy) is 2. The zero-order chi connectivity index (χ0) is 21.1. The minimum absolute atomic E-state index is 0.144. The van der Waals surface area contributed by atoms with Gasteiger partial charge in [-0.25, -0.2) is 8.42 Å². The average Bonchev–Trinajstić information content (AvgIpc) is 2.56. The first-order valence-electron chi connectivity index (χ1n) is 9.47. The van der Waals surface area contributed by atoms with Crippen LogP contribution < -0.4 is 4.74 Å². The molecule has 0 saturated heterocycles. The normalized spacial score (nSPS) is 12.7. The third-order valence-electron chi connectivity index (χ3n) is 4.34. The van der Waals surface area contributed by atoms with E-state index in [2.05, 4.69) is 18.8 Å². The highest BCUT2D eigenvalue weighted by Crippen LogP contribution is 2.37. The summed E-state index contributed by atoms with van der Waals surface area (Å²) in [5, 5.41) is 1.11. The van der Waals surface area contributed by atoms with Crippen molar-refractivity contribution in [3.05, 3.63) is 28.9 Å². The van der Waals surface area contributed by atoms with Crippen molar-refractivity contribution >= 4 is 32.3 Å². The van der Waals surface area contributed by atoms with E-state index in [9.17, 15) is 8.42 Å². The van der Waals surface area contributed by atoms with E-state index in [0.717, 1.165) is 12.1 Å². The molecule has 7 heteroatoms. The van der Waals surface area contributed by atoms with Crippen molar-refractivity contribution in [3.63, 3.8) is 0 Å². The second-order valence-corrected chi connectivity index (χ2v) is 11.4. The van der Waals surface area contributed by atoms with Crippen LogP contribution in [0.25, 0.3) is 10.9 Å². The Morgan fingerprint density at radius 2 is 1.82 bits per heavy atom. The van der Waals surface area contributed by atoms with Gasteiger partial charge < -0.3 is 9.47 Å². The van der Waals surface area contributed by atoms with E-state index >= 15 is 0 Å². The van der Waals surface area contributed by atoms with Gasteiger partial charge in [0, 0.05) is 37.3 Å². The van der Waals surface area contributed by atoms with Crippen LogP contribution in [0.4, 0.5) is 0 Å². The summed E-state index contributed by atoms with van der Waals surface area (Å²) in [6, 6.07) is 5.10. The predicted molar refractivity (Wildman–Crippen MR) is 114 cm³/mol. The summed E-state index contributed by atoms with van der Waals surface area (Å²) in [6.07, 6.45) is 1.45. The summed E-state index contributed by atoms with van der Waals surface area (Å²) in [4.78, 5) is 4.83. The fourth-order valence-corrected chi connectivity index (χ4v) is 4.40. The molecule has 0 unspecified atom stereocenters. The van der Waals surface area contributed by atoms with Crippen LogP contribution in [-0.2, 0) is 21.0 Å². The zero-order valence-corrected chi connectivity index (χ0v) is 19.1. The molecule has 0 aliphatic heterocycles. The number of sulfone groups is 1. The van der Waals surface area contributed by atoms with E-state index in [-0.39, 0.29) is 4.90 Å². The second-order valence-electron chi connectivity index (χ2n) is 8.32. The molecular formula is C21H30ClNO4S. The summed E-state index contributed by atoms with van der Waals surface area (Å²) in [5.41, 5.74) is 1.52. The monoisotopic (exact) mass is 427 g/mol. The van der Waals surface area contributed by atoms with Crippen LogP contribution in [-0.4, -0.2) is 38.5 Å². The maximum Gasteiger partial charge on any atom is 0.186 e. The van der Waals surface area contributed by atoms with Crippen LogP contribution in [0.5, 0.6) is 5.75 Å². The first kappa shape index (κ1) is 22.9. The molecule has 0 N–H and O–H groups in total. The van der Waals surface area contributed by atoms with Crippen molar-refractivity contribution in [1.29, 1.82) is 0 Å². The third-order valence-corrected chi connectivity index (χ3v) is 7.16. The molecule has 28 heavy (non-hydrogen) atoms. The highest BCUT2D eigenvalue weighted by molar-refractivity contribution is 7.92. The first-order chi connectivity index (χ1) is 13.0. The summed E-state index contributed by atoms with van der Waals surface area (Å²) in [6.45, 7) is 10.1. The minimum atomic E-state index is -3.63. The number of aromatic nitrogens is 1. The third kappa shape index (κ3) is 5.16. The lowest BCUT2D eigenvalue weighted by Crippen LogP contribution is -2.28. The van der Waals surface area contributed by atoms with E-state index in [1.54, 1.807) is 40.0 Å². The summed E-state index contributed by atoms with van der Waals surface area (Å²) in [5.74, 6) is 0.745. The number of benzene rings is 1. The Labute approximate surface area is 173 Å². The van der Waals surface area contributed by atoms with Gasteiger partial charge in [0.05, 0.1) is 21.9 Å². The molecule has 1 heterocycles. The van der Waals surface area contributed by atoms with Crippen molar-refractivity contribution in [2.45, 2.75) is 57.1 Å². The SMILES string of the molecule is COCCCOc1cc2nc(CC(C)C)cc(Cl)c2cc1S(=O)(=O)C(C)(C)C. The lowest BCUT2D eigenvalue weighted by atomic mass is 10.1. The van der Waals surface area contributed by atoms with Gasteiger partial charge >= 0.3 is 0 Å². The smallest absolute Gasteiger partial charge is 0.186 e. The molecule has 0 spiro atoms. The Bertz CT molecular complexity index is 934. The molecule has 5 nitrogen and oxygen atoms in total. The summed E-state index contributed by atoms with van der Waals surface area (Å²) >= 11 is 6.49. The standard InChI is InChI=1S/C21H30ClNO4S/c1-14(2)10-15-11-17(22)16-12-20(28(24,25)21(3,4)5)19(13-18(16)23-15)27-9-7-8-26-6/h11-14H,7-10H2,1-6H3. The fraction of sp³-hybridized carbons (Fsp3) is 0.571. The van der Waals surface area contributed by atoms with Crippen molar-refractivity contribution < 1.29 is 17.9 Å². The highest BCUT2D eigenvalue weighted by atomic mass is 35.5. The Morgan fingerprint density at radius 1 is 1.14 bits per heavy atom. The first-order valence-corrected chi connectivity index (χ1v) is 11.3. The fourth-order valence-electron chi connectivity index (χ4n) is 2.80. The molecule has 0 atom stereocenters. The van der Waals surface area contributed by atoms with E-state index in [0.29, 0.717) is 47.2 Å². The largest absolute Gasteiger partial charge is 0.492 e. The van der Waals surface area contributed by atoms with Gasteiger partial charge in [-0.3, -0.25) is 4.98 Å². The van der Waals surface area contributed by atoms with E-state index in [1.807, 2.05) is 6.07 Å². The van der Waals surface area contributed by atoms with Gasteiger partial charge in [0.1, 0.15) is 10.6 Å². The average molecular weight is 428 g/mol. The molecule has 0 aliphatic rings. The zero-order valence-electron chi connectivity index (χ0n) is 17.5. The maximum absolute atomic E-state index is 13.2. The van der Waals surface area contributed by atoms with Gasteiger partial charge in [-0.2, -0.15) is 0 Å². The van der Waals surface area contributed by atoms with Crippen molar-refractivity contribution in [2.75, 3.05) is 20.3 Å². The Morgan fingerprint density at radius 3 is 2.39 bits per heavy atom. The van der Waals surface area contributed by atoms with Crippen molar-refractivity contribution in [1.82, 2.24) is 4.98 Å². The quantitative estimate of drug-likeness (QED) is 0.550. The van der Waals surface area contributed by atoms with Crippen LogP contribution in [0.1, 0.15) is 46.7 Å². The maximum atomic E-state index is 13.2. The van der Waals surface area contributed by atoms with Crippen molar-refractivity contribution in [3.8, 4) is 5.75 Å². The van der Waals surface area contributed by atoms with Crippen LogP contribution in [0.3, 0.4) is 0 Å². The summed E-state index contributed by atoms with van der Waals surface area (Å²) in [7, 11) is -2.01. The van der Waals surface area contributed by atoms with Crippen LogP contribution in [0.2, 0.25) is 5.02 Å². The van der Waals surface area contributed by atoms with Crippen LogP contribution in [0, 0.1) is 5.92 Å². The van der Waals surface area contributed by atoms with Crippen LogP contribution in [0.15, 0.2) is 23.1 Å². The van der Waals surface area contributed by atoms with Gasteiger partial charge in [0.25, 0.3) is 0 Å². The van der Waals surface area contributed by atoms with Gasteiger partial charge in [0.15, 0.2) is 9.84 Å². The molecule has 2 aromatic rings. The Kier molecular flexibility index (Phi) is 7.34. The molecule has 156 valence electrons. The molecule has 0 saturated carbocycles. The van der Waals surface area contributed by atoms with E-state index in [4.69, 9.17) is 21.1 Å². The van der Waals surface area contributed by atoms with Crippen molar-refractivity contribution in [2.24, 2.45) is 5.92 Å². The topological polar surface area (TPSA) is 65.5 Å². The second kappa shape index (κ2) is 8.97. The number of fused-ring (bicyclic) bond motifs is 1. The predicted octanol–water partition coefficient (Wildman–Crippen LogP) is 5.07. The van der Waals surface area contributed by atoms with E-state index < -0.39 is 14.6 Å². The van der Waals surface area contributed by atoms with Gasteiger partial charge in [-0.15, -0.1) is 0 Å². The number of pyridine rings is 1. The van der Waals surface area contributed by atoms with E-state index in [1.165, 1.54) is 0 Å². The van der Waals surface area contributed by atoms with Gasteiger partial charge in [0.2, 0.25) is 0 Å². The number of hydrogen-bond acceptors (Lipinski definition) is 5. The van der Waals surface area contributed by atoms with Crippen LogP contribution >= 0.6 is 11.6 Å². The molecule has 0 radical (unpaired) electrons. The molecular weight excluding hydrogens is 398 g/mol. The number of methoxy groups -OCH3 is 1. The lowest BCUT2D eigenvalue weighted by Gasteiger charge is -2.22. The number of halogens is 1. The summed E-state index contributed by atoms with van der Waals surface area (Å²) < 4.78 is 36.2. The lowest BCUT2D eigenvalue weighted by molar-refractivity contribution is 0.171. The van der Waals surface area contributed by atoms with Gasteiger partial charge in [-0.1, -0.05) is 25.4 Å². The van der Waals surface area contributed by atoms with Gasteiger partial charge in [-0.05, 0) is 45.2 Å². The molecule has 0 fully saturated rings. The molecule has 1 aromatic heterocycles. The Hall–Kier alpha value is -1.37. The Balaban J connectivity index is 2.63. The number of nitrogens with zero attached hydrogens (tertiary/aromatic N) is 1. The minimum Gasteiger partial charge on any atom is -0.492 e. The molecule has 1 aromatic carbocycles. The molecule has 2 rings (SSSR count).